The molecule has 0 unspecified atom stereocenters. The van der Waals surface area contributed by atoms with E-state index in [4.69, 9.17) is 18.9 Å². The Kier molecular flexibility index (Phi) is 9.26. The second-order valence-electron chi connectivity index (χ2n) is 5.77. The number of carbonyl (C=O) groups excluding carboxylic acids is 2. The van der Waals surface area contributed by atoms with Crippen LogP contribution in [0, 0.1) is 0 Å². The van der Waals surface area contributed by atoms with E-state index in [9.17, 15) is 9.59 Å². The molecule has 0 aliphatic rings. The Labute approximate surface area is 155 Å². The average Bonchev–Trinajstić information content (AvgIpc) is 2.64. The Morgan fingerprint density at radius 1 is 0.962 bits per heavy atom. The van der Waals surface area contributed by atoms with Crippen molar-refractivity contribution in [1.29, 1.82) is 0 Å². The fraction of sp³-hybridized carbons (Fsp3) is 0.500. The first kappa shape index (κ1) is 21.5. The van der Waals surface area contributed by atoms with Gasteiger partial charge in [0.2, 0.25) is 5.75 Å². The van der Waals surface area contributed by atoms with Crippen molar-refractivity contribution < 1.29 is 28.5 Å². The van der Waals surface area contributed by atoms with E-state index in [1.807, 2.05) is 0 Å². The standard InChI is InChI=1S/C20H28O6/c1-6-7-8-9-10-26-20(22)16(14(2)21)11-15-12-17(23-3)19(25-5)18(13-15)24-4/h11-13H,6-10H2,1-5H3/b16-11+. The molecule has 1 aromatic rings. The monoisotopic (exact) mass is 364 g/mol. The molecule has 1 rings (SSSR count). The summed E-state index contributed by atoms with van der Waals surface area (Å²) in [4.78, 5) is 24.2. The van der Waals surface area contributed by atoms with Gasteiger partial charge in [0.25, 0.3) is 0 Å². The van der Waals surface area contributed by atoms with E-state index in [-0.39, 0.29) is 11.4 Å². The molecule has 0 aromatic heterocycles. The van der Waals surface area contributed by atoms with Gasteiger partial charge in [-0.25, -0.2) is 4.79 Å². The second-order valence-corrected chi connectivity index (χ2v) is 5.77. The van der Waals surface area contributed by atoms with Crippen molar-refractivity contribution in [2.45, 2.75) is 39.5 Å². The summed E-state index contributed by atoms with van der Waals surface area (Å²) in [6.45, 7) is 3.75. The van der Waals surface area contributed by atoms with Crippen LogP contribution in [0.1, 0.15) is 45.1 Å². The quantitative estimate of drug-likeness (QED) is 0.195. The summed E-state index contributed by atoms with van der Waals surface area (Å²) >= 11 is 0. The summed E-state index contributed by atoms with van der Waals surface area (Å²) in [6.07, 6.45) is 5.46. The molecule has 0 atom stereocenters. The van der Waals surface area contributed by atoms with Crippen molar-refractivity contribution in [2.75, 3.05) is 27.9 Å². The molecule has 0 spiro atoms. The molecule has 0 fully saturated rings. The van der Waals surface area contributed by atoms with Crippen molar-refractivity contribution in [3.8, 4) is 17.2 Å². The number of benzene rings is 1. The maximum absolute atomic E-state index is 12.3. The number of esters is 1. The third kappa shape index (κ3) is 6.10. The molecule has 0 saturated carbocycles. The summed E-state index contributed by atoms with van der Waals surface area (Å²) in [5.41, 5.74) is 0.558. The SMILES string of the molecule is CCCCCCOC(=O)/C(=C/c1cc(OC)c(OC)c(OC)c1)C(C)=O. The molecule has 144 valence electrons. The van der Waals surface area contributed by atoms with E-state index in [0.717, 1.165) is 25.7 Å². The number of rotatable bonds is 11. The van der Waals surface area contributed by atoms with Gasteiger partial charge in [-0.05, 0) is 37.1 Å². The second kappa shape index (κ2) is 11.2. The summed E-state index contributed by atoms with van der Waals surface area (Å²) in [6, 6.07) is 3.33. The number of ether oxygens (including phenoxy) is 4. The van der Waals surface area contributed by atoms with Crippen molar-refractivity contribution in [2.24, 2.45) is 0 Å². The Balaban J connectivity index is 3.04. The molecule has 0 heterocycles. The van der Waals surface area contributed by atoms with Gasteiger partial charge in [-0.2, -0.15) is 0 Å². The van der Waals surface area contributed by atoms with Crippen LogP contribution in [-0.4, -0.2) is 39.7 Å². The minimum Gasteiger partial charge on any atom is -0.493 e. The minimum absolute atomic E-state index is 0.0187. The van der Waals surface area contributed by atoms with Crippen LogP contribution in [0.4, 0.5) is 0 Å². The topological polar surface area (TPSA) is 71.1 Å². The van der Waals surface area contributed by atoms with Crippen LogP contribution in [0.5, 0.6) is 17.2 Å². The molecule has 6 nitrogen and oxygen atoms in total. The van der Waals surface area contributed by atoms with Gasteiger partial charge in [-0.3, -0.25) is 4.79 Å². The van der Waals surface area contributed by atoms with Gasteiger partial charge in [0.15, 0.2) is 17.3 Å². The number of unbranched alkanes of at least 4 members (excludes halogenated alkanes) is 3. The first-order valence-corrected chi connectivity index (χ1v) is 8.68. The largest absolute Gasteiger partial charge is 0.493 e. The highest BCUT2D eigenvalue weighted by Gasteiger charge is 2.18. The summed E-state index contributed by atoms with van der Waals surface area (Å²) < 4.78 is 21.1. The third-order valence-corrected chi connectivity index (χ3v) is 3.83. The Morgan fingerprint density at radius 3 is 2.04 bits per heavy atom. The van der Waals surface area contributed by atoms with Gasteiger partial charge in [-0.15, -0.1) is 0 Å². The van der Waals surface area contributed by atoms with Crippen molar-refractivity contribution >= 4 is 17.8 Å². The van der Waals surface area contributed by atoms with E-state index in [1.165, 1.54) is 34.3 Å². The summed E-state index contributed by atoms with van der Waals surface area (Å²) in [5.74, 6) is 0.331. The van der Waals surface area contributed by atoms with Crippen molar-refractivity contribution in [3.05, 3.63) is 23.3 Å². The molecule has 0 saturated heterocycles. The van der Waals surface area contributed by atoms with Gasteiger partial charge < -0.3 is 18.9 Å². The van der Waals surface area contributed by atoms with Gasteiger partial charge >= 0.3 is 5.97 Å². The van der Waals surface area contributed by atoms with E-state index in [0.29, 0.717) is 29.4 Å². The van der Waals surface area contributed by atoms with Crippen molar-refractivity contribution in [1.82, 2.24) is 0 Å². The maximum atomic E-state index is 12.3. The number of ketones is 1. The van der Waals surface area contributed by atoms with Crippen LogP contribution in [0.15, 0.2) is 17.7 Å². The van der Waals surface area contributed by atoms with Gasteiger partial charge in [0.05, 0.1) is 27.9 Å². The number of hydrogen-bond donors (Lipinski definition) is 0. The highest BCUT2D eigenvalue weighted by molar-refractivity contribution is 6.19. The maximum Gasteiger partial charge on any atom is 0.341 e. The Bertz CT molecular complexity index is 623. The van der Waals surface area contributed by atoms with Crippen molar-refractivity contribution in [3.63, 3.8) is 0 Å². The lowest BCUT2D eigenvalue weighted by molar-refractivity contribution is -0.140. The van der Waals surface area contributed by atoms with Crippen LogP contribution < -0.4 is 14.2 Å². The van der Waals surface area contributed by atoms with Gasteiger partial charge in [0, 0.05) is 0 Å². The molecule has 0 amide bonds. The zero-order chi connectivity index (χ0) is 19.5. The first-order valence-electron chi connectivity index (χ1n) is 8.68. The number of hydrogen-bond acceptors (Lipinski definition) is 6. The lowest BCUT2D eigenvalue weighted by atomic mass is 10.1. The lowest BCUT2D eigenvalue weighted by Gasteiger charge is -2.13. The summed E-state index contributed by atoms with van der Waals surface area (Å²) in [7, 11) is 4.51. The first-order chi connectivity index (χ1) is 12.5. The van der Waals surface area contributed by atoms with Gasteiger partial charge in [-0.1, -0.05) is 26.2 Å². The highest BCUT2D eigenvalue weighted by atomic mass is 16.5. The average molecular weight is 364 g/mol. The van der Waals surface area contributed by atoms with E-state index < -0.39 is 5.97 Å². The molecule has 0 bridgehead atoms. The van der Waals surface area contributed by atoms with Crippen LogP contribution in [0.25, 0.3) is 6.08 Å². The van der Waals surface area contributed by atoms with E-state index >= 15 is 0 Å². The minimum atomic E-state index is -0.622. The molecule has 26 heavy (non-hydrogen) atoms. The normalized spacial score (nSPS) is 11.0. The Morgan fingerprint density at radius 2 is 1.58 bits per heavy atom. The fourth-order valence-electron chi connectivity index (χ4n) is 2.43. The molecule has 0 radical (unpaired) electrons. The highest BCUT2D eigenvalue weighted by Crippen LogP contribution is 2.38. The molecule has 0 N–H and O–H groups in total. The predicted octanol–water partition coefficient (Wildman–Crippen LogP) is 3.81. The smallest absolute Gasteiger partial charge is 0.341 e. The number of Topliss-reactive ketones (excluding diaryl/α,β-unsaturated/α-hetero) is 1. The zero-order valence-corrected chi connectivity index (χ0v) is 16.2. The van der Waals surface area contributed by atoms with Gasteiger partial charge in [0.1, 0.15) is 5.57 Å². The Hall–Kier alpha value is -2.50. The predicted molar refractivity (Wildman–Crippen MR) is 99.9 cm³/mol. The summed E-state index contributed by atoms with van der Waals surface area (Å²) in [5, 5.41) is 0. The lowest BCUT2D eigenvalue weighted by Crippen LogP contribution is -2.14. The molecule has 1 aromatic carbocycles. The molecule has 0 aliphatic carbocycles. The number of carbonyl (C=O) groups is 2. The number of methoxy groups -OCH3 is 3. The molecule has 6 heteroatoms. The van der Waals surface area contributed by atoms with Crippen LogP contribution in [0.2, 0.25) is 0 Å². The van der Waals surface area contributed by atoms with E-state index in [1.54, 1.807) is 12.1 Å². The molecular formula is C20H28O6. The molecule has 0 aliphatic heterocycles. The van der Waals surface area contributed by atoms with Crippen LogP contribution in [0.3, 0.4) is 0 Å². The van der Waals surface area contributed by atoms with Crippen LogP contribution in [-0.2, 0) is 14.3 Å². The molecular weight excluding hydrogens is 336 g/mol. The van der Waals surface area contributed by atoms with Crippen LogP contribution >= 0.6 is 0 Å². The van der Waals surface area contributed by atoms with E-state index in [2.05, 4.69) is 6.92 Å². The zero-order valence-electron chi connectivity index (χ0n) is 16.2. The fourth-order valence-corrected chi connectivity index (χ4v) is 2.43. The third-order valence-electron chi connectivity index (χ3n) is 3.83.